The molecule has 0 N–H and O–H groups in total. The first kappa shape index (κ1) is 23.3. The van der Waals surface area contributed by atoms with Crippen LogP contribution in [0, 0.1) is 0 Å². The molecule has 6 aliphatic rings. The van der Waals surface area contributed by atoms with Gasteiger partial charge in [0.25, 0.3) is 0 Å². The number of hydrogen-bond donors (Lipinski definition) is 0. The molecule has 42 heavy (non-hydrogen) atoms. The molecule has 2 heterocycles. The Morgan fingerprint density at radius 2 is 1.62 bits per heavy atom. The average molecular weight is 538 g/mol. The quantitative estimate of drug-likeness (QED) is 0.202. The molecule has 0 radical (unpaired) electrons. The maximum absolute atomic E-state index is 2.60. The van der Waals surface area contributed by atoms with Crippen LogP contribution in [0.4, 0.5) is 17.1 Å². The minimum Gasteiger partial charge on any atom is -0.311 e. The number of hydrogen-bond acceptors (Lipinski definition) is 1. The molecule has 1 atom stereocenters. The molecule has 4 aromatic carbocycles. The Bertz CT molecular complexity index is 1960. The van der Waals surface area contributed by atoms with Crippen LogP contribution in [0.15, 0.2) is 114 Å². The normalized spacial score (nSPS) is 20.4. The fraction of sp³-hybridized carbons (Fsp3) is 0.200. The van der Waals surface area contributed by atoms with E-state index in [9.17, 15) is 0 Å². The first-order chi connectivity index (χ1) is 20.8. The van der Waals surface area contributed by atoms with Crippen molar-refractivity contribution in [2.45, 2.75) is 50.4 Å². The summed E-state index contributed by atoms with van der Waals surface area (Å²) in [6, 6.07) is 28.6. The van der Waals surface area contributed by atoms with Crippen molar-refractivity contribution in [1.82, 2.24) is 0 Å². The second-order valence-corrected chi connectivity index (χ2v) is 13.1. The van der Waals surface area contributed by atoms with E-state index in [0.29, 0.717) is 18.5 Å². The highest BCUT2D eigenvalue weighted by Crippen LogP contribution is 2.49. The fourth-order valence-corrected chi connectivity index (χ4v) is 9.11. The molecule has 0 aromatic heterocycles. The van der Waals surface area contributed by atoms with E-state index in [0.717, 1.165) is 6.42 Å². The maximum atomic E-state index is 2.60. The summed E-state index contributed by atoms with van der Waals surface area (Å²) in [5.74, 6) is 1.08. The Labute approximate surface area is 248 Å². The third-order valence-corrected chi connectivity index (χ3v) is 10.9. The zero-order valence-corrected chi connectivity index (χ0v) is 23.8. The third-order valence-electron chi connectivity index (χ3n) is 10.9. The monoisotopic (exact) mass is 537 g/mol. The van der Waals surface area contributed by atoms with Crippen LogP contribution in [-0.4, -0.2) is 6.71 Å². The van der Waals surface area contributed by atoms with Crippen molar-refractivity contribution >= 4 is 46.2 Å². The molecule has 10 rings (SSSR count). The summed E-state index contributed by atoms with van der Waals surface area (Å²) < 4.78 is 0. The van der Waals surface area contributed by atoms with E-state index in [1.165, 1.54) is 105 Å². The molecule has 0 amide bonds. The summed E-state index contributed by atoms with van der Waals surface area (Å²) in [7, 11) is 0. The van der Waals surface area contributed by atoms with Crippen LogP contribution in [0.5, 0.6) is 0 Å². The molecule has 0 spiro atoms. The zero-order chi connectivity index (χ0) is 27.4. The number of fused-ring (bicyclic) bond motifs is 5. The molecule has 1 fully saturated rings. The van der Waals surface area contributed by atoms with E-state index in [4.69, 9.17) is 0 Å². The van der Waals surface area contributed by atoms with Gasteiger partial charge in [-0.25, -0.2) is 0 Å². The molecule has 1 unspecified atom stereocenters. The molecule has 1 nitrogen and oxygen atoms in total. The standard InChI is InChI=1S/C40H32BN/c1-2-8-25(9-3-1)28-20-21-36-35(24-28)41-34-14-5-4-12-32(34)33-13-7-15-37(40(33)41)42(36)31-22-29-18-16-26-10-6-11-27-17-19-30(23-31)39(29)38(26)27/h4-7,10-18,20-25,38H,1-3,8-9,19H2. The number of benzene rings is 4. The highest BCUT2D eigenvalue weighted by atomic mass is 15.2. The molecular formula is C40H32BN. The van der Waals surface area contributed by atoms with Gasteiger partial charge in [-0.05, 0) is 105 Å². The van der Waals surface area contributed by atoms with Crippen LogP contribution in [0.25, 0.3) is 17.2 Å². The van der Waals surface area contributed by atoms with Crippen molar-refractivity contribution in [3.05, 3.63) is 137 Å². The zero-order valence-electron chi connectivity index (χ0n) is 23.8. The lowest BCUT2D eigenvalue weighted by Crippen LogP contribution is -2.54. The van der Waals surface area contributed by atoms with E-state index in [2.05, 4.69) is 114 Å². The summed E-state index contributed by atoms with van der Waals surface area (Å²) in [6.07, 6.45) is 21.7. The Hall–Kier alpha value is -4.30. The van der Waals surface area contributed by atoms with Gasteiger partial charge >= 0.3 is 0 Å². The largest absolute Gasteiger partial charge is 0.311 e. The Kier molecular flexibility index (Phi) is 4.78. The van der Waals surface area contributed by atoms with Gasteiger partial charge in [-0.2, -0.15) is 0 Å². The van der Waals surface area contributed by atoms with Gasteiger partial charge in [0.05, 0.1) is 0 Å². The van der Waals surface area contributed by atoms with Gasteiger partial charge in [-0.15, -0.1) is 0 Å². The molecular weight excluding hydrogens is 505 g/mol. The van der Waals surface area contributed by atoms with Crippen LogP contribution >= 0.6 is 0 Å². The first-order valence-electron chi connectivity index (χ1n) is 15.9. The van der Waals surface area contributed by atoms with Gasteiger partial charge in [0.1, 0.15) is 0 Å². The summed E-state index contributed by atoms with van der Waals surface area (Å²) in [6.45, 7) is 0.297. The molecule has 4 aromatic rings. The van der Waals surface area contributed by atoms with Crippen molar-refractivity contribution in [2.24, 2.45) is 0 Å². The highest BCUT2D eigenvalue weighted by Gasteiger charge is 2.43. The molecule has 0 saturated heterocycles. The molecule has 4 aliphatic carbocycles. The van der Waals surface area contributed by atoms with Crippen LogP contribution < -0.4 is 21.3 Å². The third kappa shape index (κ3) is 3.10. The molecule has 200 valence electrons. The Balaban J connectivity index is 1.21. The van der Waals surface area contributed by atoms with Gasteiger partial charge in [-0.1, -0.05) is 110 Å². The van der Waals surface area contributed by atoms with E-state index in [1.807, 2.05) is 0 Å². The Morgan fingerprint density at radius 1 is 0.714 bits per heavy atom. The molecule has 2 heteroatoms. The van der Waals surface area contributed by atoms with E-state index in [1.54, 1.807) is 5.56 Å². The minimum atomic E-state index is 0.297. The van der Waals surface area contributed by atoms with Gasteiger partial charge in [-0.3, -0.25) is 0 Å². The second kappa shape index (κ2) is 8.61. The van der Waals surface area contributed by atoms with Crippen LogP contribution in [0.3, 0.4) is 0 Å². The van der Waals surface area contributed by atoms with Gasteiger partial charge in [0.15, 0.2) is 0 Å². The maximum Gasteiger partial charge on any atom is 0.248 e. The van der Waals surface area contributed by atoms with E-state index in [-0.39, 0.29) is 0 Å². The number of rotatable bonds is 2. The summed E-state index contributed by atoms with van der Waals surface area (Å²) in [4.78, 5) is 2.59. The lowest BCUT2D eigenvalue weighted by molar-refractivity contribution is 0.444. The average Bonchev–Trinajstić information content (AvgIpc) is 3.40. The molecule has 1 saturated carbocycles. The highest BCUT2D eigenvalue weighted by molar-refractivity contribution is 7.01. The van der Waals surface area contributed by atoms with Gasteiger partial charge < -0.3 is 4.90 Å². The fourth-order valence-electron chi connectivity index (χ4n) is 9.11. The molecule has 0 bridgehead atoms. The van der Waals surface area contributed by atoms with Crippen LogP contribution in [0.1, 0.15) is 66.2 Å². The summed E-state index contributed by atoms with van der Waals surface area (Å²) in [5.41, 5.74) is 20.0. The van der Waals surface area contributed by atoms with E-state index >= 15 is 0 Å². The first-order valence-corrected chi connectivity index (χ1v) is 15.9. The predicted molar refractivity (Wildman–Crippen MR) is 178 cm³/mol. The second-order valence-electron chi connectivity index (χ2n) is 13.1. The number of allylic oxidation sites excluding steroid dienone is 7. The van der Waals surface area contributed by atoms with Crippen molar-refractivity contribution in [1.29, 1.82) is 0 Å². The van der Waals surface area contributed by atoms with Crippen LogP contribution in [0.2, 0.25) is 0 Å². The summed E-state index contributed by atoms with van der Waals surface area (Å²) in [5, 5.41) is 0. The van der Waals surface area contributed by atoms with Crippen molar-refractivity contribution in [2.75, 3.05) is 4.90 Å². The smallest absolute Gasteiger partial charge is 0.248 e. The van der Waals surface area contributed by atoms with Gasteiger partial charge in [0.2, 0.25) is 6.71 Å². The number of nitrogens with zero attached hydrogens (tertiary/aromatic N) is 1. The SMILES string of the molecule is C1=CC2=CCc3cc(N4c5ccc(C6CCCCC6)cc5B5c6ccccc6-c6cccc4c65)cc4c3C2C(=C1)C=C4. The lowest BCUT2D eigenvalue weighted by Gasteiger charge is -2.39. The predicted octanol–water partition coefficient (Wildman–Crippen LogP) is 8.10. The topological polar surface area (TPSA) is 3.24 Å². The van der Waals surface area contributed by atoms with Gasteiger partial charge in [0, 0.05) is 23.0 Å². The number of anilines is 3. The van der Waals surface area contributed by atoms with E-state index < -0.39 is 0 Å². The molecule has 2 aliphatic heterocycles. The minimum absolute atomic E-state index is 0.297. The summed E-state index contributed by atoms with van der Waals surface area (Å²) >= 11 is 0. The van der Waals surface area contributed by atoms with Crippen molar-refractivity contribution in [3.8, 4) is 11.1 Å². The Morgan fingerprint density at radius 3 is 2.57 bits per heavy atom. The lowest BCUT2D eigenvalue weighted by atomic mass is 9.37. The van der Waals surface area contributed by atoms with Crippen molar-refractivity contribution in [3.63, 3.8) is 0 Å². The van der Waals surface area contributed by atoms with Crippen LogP contribution in [-0.2, 0) is 6.42 Å². The van der Waals surface area contributed by atoms with Crippen molar-refractivity contribution < 1.29 is 0 Å².